The predicted molar refractivity (Wildman–Crippen MR) is 65.5 cm³/mol. The van der Waals surface area contributed by atoms with Gasteiger partial charge in [0.2, 0.25) is 0 Å². The monoisotopic (exact) mass is 305 g/mol. The van der Waals surface area contributed by atoms with Crippen LogP contribution in [0.2, 0.25) is 0 Å². The van der Waals surface area contributed by atoms with Gasteiger partial charge in [0, 0.05) is 26.7 Å². The van der Waals surface area contributed by atoms with Crippen molar-refractivity contribution in [3.8, 4) is 0 Å². The van der Waals surface area contributed by atoms with Crippen LogP contribution in [0.1, 0.15) is 19.0 Å². The summed E-state index contributed by atoms with van der Waals surface area (Å²) in [5.41, 5.74) is 0.707. The first-order valence-corrected chi connectivity index (χ1v) is 6.86. The van der Waals surface area contributed by atoms with E-state index in [0.29, 0.717) is 11.4 Å². The predicted octanol–water partition coefficient (Wildman–Crippen LogP) is 1.96. The van der Waals surface area contributed by atoms with Crippen molar-refractivity contribution in [2.75, 3.05) is 0 Å². The zero-order valence-electron chi connectivity index (χ0n) is 8.72. The quantitative estimate of drug-likeness (QED) is 0.903. The van der Waals surface area contributed by atoms with Gasteiger partial charge in [0.05, 0.1) is 17.9 Å². The molecule has 1 heterocycles. The molecular weight excluding hydrogens is 294 g/mol. The summed E-state index contributed by atoms with van der Waals surface area (Å²) in [6.45, 7) is 1.67. The summed E-state index contributed by atoms with van der Waals surface area (Å²) in [5.74, 6) is -0.633. The van der Waals surface area contributed by atoms with Gasteiger partial charge in [0.1, 0.15) is 0 Å². The summed E-state index contributed by atoms with van der Waals surface area (Å²) in [7, 11) is -1.20. The second-order valence-corrected chi connectivity index (χ2v) is 6.17. The Bertz CT molecular complexity index is 394. The Hall–Kier alpha value is -0.750. The van der Waals surface area contributed by atoms with Gasteiger partial charge in [-0.15, -0.1) is 0 Å². The number of aromatic nitrogens is 1. The fourth-order valence-electron chi connectivity index (χ4n) is 1.12. The maximum atomic E-state index is 11.7. The number of hydrogen-bond donors (Lipinski definition) is 1. The summed E-state index contributed by atoms with van der Waals surface area (Å²) in [6, 6.07) is 3.59. The molecule has 0 radical (unpaired) electrons. The smallest absolute Gasteiger partial charge is 0.304 e. The van der Waals surface area contributed by atoms with Crippen molar-refractivity contribution in [1.82, 2.24) is 4.98 Å². The Labute approximate surface area is 105 Å². The lowest BCUT2D eigenvalue weighted by molar-refractivity contribution is -0.136. The minimum atomic E-state index is -1.20. The van der Waals surface area contributed by atoms with E-state index in [-0.39, 0.29) is 11.7 Å². The number of aliphatic carboxylic acids is 1. The molecule has 0 bridgehead atoms. The van der Waals surface area contributed by atoms with Crippen molar-refractivity contribution in [2.45, 2.75) is 24.3 Å². The normalized spacial score (nSPS) is 14.4. The third-order valence-electron chi connectivity index (χ3n) is 1.99. The lowest BCUT2D eigenvalue weighted by Crippen LogP contribution is -2.17. The summed E-state index contributed by atoms with van der Waals surface area (Å²) in [6.07, 6.45) is 1.55. The van der Waals surface area contributed by atoms with Gasteiger partial charge >= 0.3 is 5.97 Å². The number of carbonyl (C=O) groups is 1. The molecule has 16 heavy (non-hydrogen) atoms. The van der Waals surface area contributed by atoms with Gasteiger partial charge in [-0.05, 0) is 28.1 Å². The Kier molecular flexibility index (Phi) is 5.08. The van der Waals surface area contributed by atoms with Crippen LogP contribution in [0.3, 0.4) is 0 Å². The molecule has 1 aromatic rings. The van der Waals surface area contributed by atoms with Crippen molar-refractivity contribution in [3.05, 3.63) is 28.5 Å². The highest BCUT2D eigenvalue weighted by atomic mass is 79.9. The Balaban J connectivity index is 2.57. The summed E-state index contributed by atoms with van der Waals surface area (Å²) in [5, 5.41) is 8.22. The molecular formula is C10H12BrNO3S. The zero-order chi connectivity index (χ0) is 12.1. The van der Waals surface area contributed by atoms with E-state index >= 15 is 0 Å². The highest BCUT2D eigenvalue weighted by Gasteiger charge is 2.15. The van der Waals surface area contributed by atoms with Crippen LogP contribution < -0.4 is 0 Å². The van der Waals surface area contributed by atoms with Crippen molar-refractivity contribution >= 4 is 32.7 Å². The summed E-state index contributed by atoms with van der Waals surface area (Å²) >= 11 is 3.26. The molecule has 0 aliphatic carbocycles. The van der Waals surface area contributed by atoms with Gasteiger partial charge in [0.15, 0.2) is 0 Å². The van der Waals surface area contributed by atoms with Crippen LogP contribution >= 0.6 is 15.9 Å². The minimum absolute atomic E-state index is 0.0802. The zero-order valence-corrected chi connectivity index (χ0v) is 11.1. The van der Waals surface area contributed by atoms with Crippen molar-refractivity contribution in [3.63, 3.8) is 0 Å². The van der Waals surface area contributed by atoms with E-state index in [2.05, 4.69) is 20.9 Å². The highest BCUT2D eigenvalue weighted by molar-refractivity contribution is 9.10. The van der Waals surface area contributed by atoms with Gasteiger partial charge < -0.3 is 5.11 Å². The SMILES string of the molecule is CC(CC(=O)O)S(=O)Cc1ccc(Br)cn1. The molecule has 0 aromatic carbocycles. The largest absolute Gasteiger partial charge is 0.481 e. The molecule has 1 aromatic heterocycles. The molecule has 2 atom stereocenters. The van der Waals surface area contributed by atoms with Crippen LogP contribution in [0.4, 0.5) is 0 Å². The van der Waals surface area contributed by atoms with Crippen LogP contribution in [-0.2, 0) is 21.3 Å². The second-order valence-electron chi connectivity index (χ2n) is 3.40. The average Bonchev–Trinajstić information content (AvgIpc) is 2.20. The third kappa shape index (κ3) is 4.40. The first kappa shape index (κ1) is 13.3. The molecule has 2 unspecified atom stereocenters. The first-order valence-electron chi connectivity index (χ1n) is 4.68. The summed E-state index contributed by atoms with van der Waals surface area (Å²) in [4.78, 5) is 14.5. The topological polar surface area (TPSA) is 67.3 Å². The highest BCUT2D eigenvalue weighted by Crippen LogP contribution is 2.11. The van der Waals surface area contributed by atoms with Crippen LogP contribution in [0.15, 0.2) is 22.8 Å². The van der Waals surface area contributed by atoms with Crippen molar-refractivity contribution in [2.24, 2.45) is 0 Å². The van der Waals surface area contributed by atoms with Gasteiger partial charge in [-0.1, -0.05) is 6.92 Å². The first-order chi connectivity index (χ1) is 7.49. The molecule has 4 nitrogen and oxygen atoms in total. The van der Waals surface area contributed by atoms with E-state index in [1.54, 1.807) is 19.2 Å². The molecule has 0 saturated carbocycles. The van der Waals surface area contributed by atoms with E-state index in [1.807, 2.05) is 6.07 Å². The van der Waals surface area contributed by atoms with Crippen LogP contribution in [-0.4, -0.2) is 25.5 Å². The maximum Gasteiger partial charge on any atom is 0.304 e. The average molecular weight is 306 g/mol. The Morgan fingerprint density at radius 2 is 2.31 bits per heavy atom. The molecule has 1 N–H and O–H groups in total. The minimum Gasteiger partial charge on any atom is -0.481 e. The number of nitrogens with zero attached hydrogens (tertiary/aromatic N) is 1. The van der Waals surface area contributed by atoms with Crippen molar-refractivity contribution in [1.29, 1.82) is 0 Å². The molecule has 0 saturated heterocycles. The number of hydrogen-bond acceptors (Lipinski definition) is 3. The standard InChI is InChI=1S/C10H12BrNO3S/c1-7(4-10(13)14)16(15)6-9-3-2-8(11)5-12-9/h2-3,5,7H,4,6H2,1H3,(H,13,14). The molecule has 0 aliphatic rings. The Morgan fingerprint density at radius 3 is 2.81 bits per heavy atom. The summed E-state index contributed by atoms with van der Waals surface area (Å²) < 4.78 is 12.6. The number of carboxylic acid groups (broad SMARTS) is 1. The van der Waals surface area contributed by atoms with Gasteiger partial charge in [-0.3, -0.25) is 14.0 Å². The van der Waals surface area contributed by atoms with Gasteiger partial charge in [-0.2, -0.15) is 0 Å². The molecule has 0 spiro atoms. The number of rotatable bonds is 5. The van der Waals surface area contributed by atoms with E-state index in [9.17, 15) is 9.00 Å². The maximum absolute atomic E-state index is 11.7. The molecule has 88 valence electrons. The second kappa shape index (κ2) is 6.10. The van der Waals surface area contributed by atoms with Crippen LogP contribution in [0.25, 0.3) is 0 Å². The van der Waals surface area contributed by atoms with Gasteiger partial charge in [-0.25, -0.2) is 0 Å². The molecule has 1 rings (SSSR count). The number of carboxylic acids is 1. The molecule has 0 amide bonds. The molecule has 0 fully saturated rings. The van der Waals surface area contributed by atoms with Crippen molar-refractivity contribution < 1.29 is 14.1 Å². The third-order valence-corrected chi connectivity index (χ3v) is 4.10. The van der Waals surface area contributed by atoms with E-state index in [1.165, 1.54) is 0 Å². The molecule has 0 aliphatic heterocycles. The van der Waals surface area contributed by atoms with E-state index in [4.69, 9.17) is 5.11 Å². The Morgan fingerprint density at radius 1 is 1.62 bits per heavy atom. The van der Waals surface area contributed by atoms with Gasteiger partial charge in [0.25, 0.3) is 0 Å². The fraction of sp³-hybridized carbons (Fsp3) is 0.400. The van der Waals surface area contributed by atoms with E-state index in [0.717, 1.165) is 4.47 Å². The fourth-order valence-corrected chi connectivity index (χ4v) is 2.43. The lowest BCUT2D eigenvalue weighted by atomic mass is 10.3. The van der Waals surface area contributed by atoms with E-state index < -0.39 is 16.8 Å². The number of halogens is 1. The lowest BCUT2D eigenvalue weighted by Gasteiger charge is -2.08. The number of pyridine rings is 1. The van der Waals surface area contributed by atoms with Crippen LogP contribution in [0, 0.1) is 0 Å². The molecule has 6 heteroatoms. The van der Waals surface area contributed by atoms with Crippen LogP contribution in [0.5, 0.6) is 0 Å².